The van der Waals surface area contributed by atoms with E-state index in [1.807, 2.05) is 31.2 Å². The zero-order chi connectivity index (χ0) is 22.3. The summed E-state index contributed by atoms with van der Waals surface area (Å²) in [5, 5.41) is 0.670. The zero-order valence-corrected chi connectivity index (χ0v) is 19.0. The van der Waals surface area contributed by atoms with E-state index in [-0.39, 0.29) is 12.5 Å². The van der Waals surface area contributed by atoms with Crippen LogP contribution in [0, 0.1) is 5.92 Å². The van der Waals surface area contributed by atoms with Gasteiger partial charge < -0.3 is 18.9 Å². The Labute approximate surface area is 185 Å². The van der Waals surface area contributed by atoms with Crippen molar-refractivity contribution in [2.75, 3.05) is 12.4 Å². The molecule has 0 N–H and O–H groups in total. The maximum Gasteiger partial charge on any atom is 0.303 e. The number of thioether (sulfide) groups is 1. The van der Waals surface area contributed by atoms with Crippen molar-refractivity contribution in [2.45, 2.75) is 57.9 Å². The fourth-order valence-corrected chi connectivity index (χ4v) is 4.80. The first kappa shape index (κ1) is 24.5. The van der Waals surface area contributed by atoms with E-state index in [1.165, 1.54) is 32.5 Å². The van der Waals surface area contributed by atoms with E-state index in [1.54, 1.807) is 0 Å². The Morgan fingerprint density at radius 3 is 2.33 bits per heavy atom. The Kier molecular flexibility index (Phi) is 9.45. The molecule has 0 aromatic heterocycles. The highest BCUT2D eigenvalue weighted by molar-refractivity contribution is 7.99. The number of aryl methyl sites for hydroxylation is 1. The average Bonchev–Trinajstić information content (AvgIpc) is 2.64. The fraction of sp³-hybridized carbons (Fsp3) is 0.571. The molecule has 5 atom stereocenters. The van der Waals surface area contributed by atoms with Gasteiger partial charge in [-0.05, 0) is 29.9 Å². The topological polar surface area (TPSA) is 88.1 Å². The SMILES string of the molecule is CC(=O)OCC1O[C@H](SCCc2cccc(Cl)c2)C(OC(C)=O)C(C)[C@H]1OC(C)=O. The van der Waals surface area contributed by atoms with Gasteiger partial charge in [0.15, 0.2) is 0 Å². The number of rotatable bonds is 8. The summed E-state index contributed by atoms with van der Waals surface area (Å²) in [5.41, 5.74) is 0.576. The lowest BCUT2D eigenvalue weighted by Gasteiger charge is -2.44. The first-order valence-corrected chi connectivity index (χ1v) is 11.1. The minimum Gasteiger partial charge on any atom is -0.463 e. The largest absolute Gasteiger partial charge is 0.463 e. The number of carbonyl (C=O) groups is 3. The molecule has 1 saturated heterocycles. The molecule has 1 aliphatic heterocycles. The van der Waals surface area contributed by atoms with E-state index in [0.29, 0.717) is 10.8 Å². The van der Waals surface area contributed by atoms with E-state index in [0.717, 1.165) is 12.0 Å². The lowest BCUT2D eigenvalue weighted by Crippen LogP contribution is -2.56. The van der Waals surface area contributed by atoms with Gasteiger partial charge in [0.05, 0.1) is 0 Å². The van der Waals surface area contributed by atoms with Gasteiger partial charge in [0.1, 0.15) is 30.4 Å². The van der Waals surface area contributed by atoms with Gasteiger partial charge in [-0.15, -0.1) is 11.8 Å². The Morgan fingerprint density at radius 2 is 1.73 bits per heavy atom. The molecule has 7 nitrogen and oxygen atoms in total. The second-order valence-electron chi connectivity index (χ2n) is 7.10. The summed E-state index contributed by atoms with van der Waals surface area (Å²) in [6.07, 6.45) is -1.25. The van der Waals surface area contributed by atoms with E-state index < -0.39 is 41.7 Å². The van der Waals surface area contributed by atoms with Gasteiger partial charge in [-0.1, -0.05) is 30.7 Å². The second kappa shape index (κ2) is 11.6. The molecule has 30 heavy (non-hydrogen) atoms. The molecule has 1 fully saturated rings. The van der Waals surface area contributed by atoms with Crippen LogP contribution in [0.1, 0.15) is 33.3 Å². The average molecular weight is 459 g/mol. The van der Waals surface area contributed by atoms with Gasteiger partial charge in [0.2, 0.25) is 0 Å². The van der Waals surface area contributed by atoms with Gasteiger partial charge in [0.25, 0.3) is 0 Å². The third kappa shape index (κ3) is 7.49. The van der Waals surface area contributed by atoms with Crippen molar-refractivity contribution in [3.8, 4) is 0 Å². The number of hydrogen-bond acceptors (Lipinski definition) is 8. The van der Waals surface area contributed by atoms with Crippen molar-refractivity contribution < 1.29 is 33.3 Å². The normalized spacial score (nSPS) is 26.0. The van der Waals surface area contributed by atoms with Crippen LogP contribution in [-0.4, -0.2) is 54.0 Å². The van der Waals surface area contributed by atoms with Crippen molar-refractivity contribution in [3.63, 3.8) is 0 Å². The molecule has 0 aliphatic carbocycles. The number of hydrogen-bond donors (Lipinski definition) is 0. The van der Waals surface area contributed by atoms with Crippen molar-refractivity contribution in [1.29, 1.82) is 0 Å². The summed E-state index contributed by atoms with van der Waals surface area (Å²) in [6, 6.07) is 7.59. The molecular formula is C21H27ClO7S. The van der Waals surface area contributed by atoms with Crippen LogP contribution in [0.2, 0.25) is 5.02 Å². The molecule has 1 aromatic rings. The molecule has 0 radical (unpaired) electrons. The number of carbonyl (C=O) groups excluding carboxylic acids is 3. The lowest BCUT2D eigenvalue weighted by molar-refractivity contribution is -0.212. The van der Waals surface area contributed by atoms with Crippen LogP contribution >= 0.6 is 23.4 Å². The predicted molar refractivity (Wildman–Crippen MR) is 113 cm³/mol. The highest BCUT2D eigenvalue weighted by atomic mass is 35.5. The molecular weight excluding hydrogens is 432 g/mol. The van der Waals surface area contributed by atoms with Crippen LogP contribution in [0.4, 0.5) is 0 Å². The molecule has 166 valence electrons. The lowest BCUT2D eigenvalue weighted by atomic mass is 9.91. The molecule has 0 saturated carbocycles. The Bertz CT molecular complexity index is 755. The fourth-order valence-electron chi connectivity index (χ4n) is 3.28. The monoisotopic (exact) mass is 458 g/mol. The number of benzene rings is 1. The summed E-state index contributed by atoms with van der Waals surface area (Å²) in [7, 11) is 0. The van der Waals surface area contributed by atoms with Crippen LogP contribution in [0.15, 0.2) is 24.3 Å². The predicted octanol–water partition coefficient (Wildman–Crippen LogP) is 3.40. The summed E-state index contributed by atoms with van der Waals surface area (Å²) < 4.78 is 22.2. The Balaban J connectivity index is 2.13. The van der Waals surface area contributed by atoms with Gasteiger partial charge >= 0.3 is 17.9 Å². The minimum absolute atomic E-state index is 0.0598. The van der Waals surface area contributed by atoms with Crippen LogP contribution < -0.4 is 0 Å². The highest BCUT2D eigenvalue weighted by Gasteiger charge is 2.47. The summed E-state index contributed by atoms with van der Waals surface area (Å²) in [6.45, 7) is 5.69. The van der Waals surface area contributed by atoms with E-state index >= 15 is 0 Å². The number of ether oxygens (including phenoxy) is 4. The maximum atomic E-state index is 11.7. The summed E-state index contributed by atoms with van der Waals surface area (Å²) >= 11 is 7.52. The van der Waals surface area contributed by atoms with Crippen LogP contribution in [-0.2, 0) is 39.8 Å². The van der Waals surface area contributed by atoms with Crippen LogP contribution in [0.25, 0.3) is 0 Å². The Hall–Kier alpha value is -1.77. The van der Waals surface area contributed by atoms with E-state index in [4.69, 9.17) is 30.5 Å². The van der Waals surface area contributed by atoms with Crippen molar-refractivity contribution >= 4 is 41.3 Å². The molecule has 0 spiro atoms. The molecule has 1 heterocycles. The van der Waals surface area contributed by atoms with Gasteiger partial charge in [-0.25, -0.2) is 0 Å². The maximum absolute atomic E-state index is 11.7. The van der Waals surface area contributed by atoms with Crippen molar-refractivity contribution in [3.05, 3.63) is 34.9 Å². The smallest absolute Gasteiger partial charge is 0.303 e. The third-order valence-corrected chi connectivity index (χ3v) is 5.98. The molecule has 9 heteroatoms. The van der Waals surface area contributed by atoms with Crippen LogP contribution in [0.3, 0.4) is 0 Å². The summed E-state index contributed by atoms with van der Waals surface area (Å²) in [4.78, 5) is 34.6. The number of halogens is 1. The minimum atomic E-state index is -0.712. The van der Waals surface area contributed by atoms with Gasteiger partial charge in [-0.3, -0.25) is 14.4 Å². The molecule has 3 unspecified atom stereocenters. The highest BCUT2D eigenvalue weighted by Crippen LogP contribution is 2.36. The molecule has 1 aliphatic rings. The summed E-state index contributed by atoms with van der Waals surface area (Å²) in [5.74, 6) is -1.06. The van der Waals surface area contributed by atoms with Gasteiger partial charge in [-0.2, -0.15) is 0 Å². The van der Waals surface area contributed by atoms with Crippen molar-refractivity contribution in [2.24, 2.45) is 5.92 Å². The first-order chi connectivity index (χ1) is 14.2. The third-order valence-electron chi connectivity index (χ3n) is 4.60. The van der Waals surface area contributed by atoms with E-state index in [9.17, 15) is 14.4 Å². The molecule has 1 aromatic carbocycles. The van der Waals surface area contributed by atoms with Gasteiger partial charge in [0, 0.05) is 31.7 Å². The first-order valence-electron chi connectivity index (χ1n) is 9.66. The molecule has 0 bridgehead atoms. The standard InChI is InChI=1S/C21H27ClO7S/c1-12-19(27-14(3)24)18(11-26-13(2)23)29-21(20(12)28-15(4)25)30-9-8-16-6-5-7-17(22)10-16/h5-7,10,12,18-21H,8-9,11H2,1-4H3/t12?,18?,19-,20?,21-/m1/s1. The second-order valence-corrected chi connectivity index (χ2v) is 8.75. The zero-order valence-electron chi connectivity index (χ0n) is 17.5. The molecule has 0 amide bonds. The Morgan fingerprint density at radius 1 is 1.07 bits per heavy atom. The number of esters is 3. The quantitative estimate of drug-likeness (QED) is 0.432. The van der Waals surface area contributed by atoms with E-state index in [2.05, 4.69) is 0 Å². The van der Waals surface area contributed by atoms with Crippen LogP contribution in [0.5, 0.6) is 0 Å². The molecule has 2 rings (SSSR count). The van der Waals surface area contributed by atoms with Crippen molar-refractivity contribution in [1.82, 2.24) is 0 Å².